The minimum atomic E-state index is -0.349. The van der Waals surface area contributed by atoms with Crippen LogP contribution in [-0.2, 0) is 4.79 Å². The first-order valence-corrected chi connectivity index (χ1v) is 10.7. The van der Waals surface area contributed by atoms with Gasteiger partial charge in [0, 0.05) is 21.9 Å². The monoisotopic (exact) mass is 398 g/mol. The number of halogens is 1. The third-order valence-electron chi connectivity index (χ3n) is 7.06. The van der Waals surface area contributed by atoms with Crippen molar-refractivity contribution in [2.45, 2.75) is 38.1 Å². The molecule has 0 aliphatic heterocycles. The lowest BCUT2D eigenvalue weighted by atomic mass is 9.47. The van der Waals surface area contributed by atoms with Crippen LogP contribution in [0, 0.1) is 29.0 Å². The van der Waals surface area contributed by atoms with E-state index in [-0.39, 0.29) is 29.1 Å². The summed E-state index contributed by atoms with van der Waals surface area (Å²) < 4.78 is 14.0. The highest BCUT2D eigenvalue weighted by molar-refractivity contribution is 7.17. The van der Waals surface area contributed by atoms with Crippen molar-refractivity contribution in [2.75, 3.05) is 0 Å². The first kappa shape index (κ1) is 17.9. The van der Waals surface area contributed by atoms with Crippen molar-refractivity contribution in [3.8, 4) is 10.4 Å². The van der Waals surface area contributed by atoms with Crippen LogP contribution in [0.1, 0.15) is 41.8 Å². The zero-order valence-corrected chi connectivity index (χ0v) is 16.3. The summed E-state index contributed by atoms with van der Waals surface area (Å²) in [5.41, 5.74) is 5.91. The molecule has 28 heavy (non-hydrogen) atoms. The summed E-state index contributed by atoms with van der Waals surface area (Å²) in [6.45, 7) is 0. The van der Waals surface area contributed by atoms with Gasteiger partial charge in [-0.3, -0.25) is 9.59 Å². The van der Waals surface area contributed by atoms with Gasteiger partial charge >= 0.3 is 0 Å². The van der Waals surface area contributed by atoms with Crippen LogP contribution in [0.3, 0.4) is 0 Å². The molecular weight excluding hydrogens is 375 g/mol. The molecule has 146 valence electrons. The predicted octanol–water partition coefficient (Wildman–Crippen LogP) is 3.96. The lowest BCUT2D eigenvalue weighted by molar-refractivity contribution is -0.145. The second-order valence-corrected chi connectivity index (χ2v) is 9.84. The molecule has 6 heteroatoms. The molecule has 3 N–H and O–H groups in total. The molecule has 2 aromatic rings. The van der Waals surface area contributed by atoms with Crippen LogP contribution in [0.15, 0.2) is 36.4 Å². The maximum atomic E-state index is 14.0. The van der Waals surface area contributed by atoms with Crippen molar-refractivity contribution >= 4 is 23.2 Å². The van der Waals surface area contributed by atoms with E-state index in [1.54, 1.807) is 30.3 Å². The lowest BCUT2D eigenvalue weighted by Gasteiger charge is -2.58. The highest BCUT2D eigenvalue weighted by atomic mass is 32.1. The van der Waals surface area contributed by atoms with Crippen molar-refractivity contribution in [1.82, 2.24) is 5.32 Å². The molecule has 4 nitrogen and oxygen atoms in total. The molecule has 1 heterocycles. The number of nitrogens with two attached hydrogens (primary N) is 1. The molecule has 4 fully saturated rings. The Labute approximate surface area is 167 Å². The van der Waals surface area contributed by atoms with E-state index in [0.29, 0.717) is 28.2 Å². The molecule has 2 unspecified atom stereocenters. The van der Waals surface area contributed by atoms with Gasteiger partial charge in [0.1, 0.15) is 5.82 Å². The normalized spacial score (nSPS) is 33.0. The van der Waals surface area contributed by atoms with Gasteiger partial charge in [0.25, 0.3) is 5.91 Å². The van der Waals surface area contributed by atoms with Gasteiger partial charge in [-0.2, -0.15) is 0 Å². The van der Waals surface area contributed by atoms with Gasteiger partial charge < -0.3 is 11.1 Å². The summed E-state index contributed by atoms with van der Waals surface area (Å²) in [5.74, 6) is 0.673. The molecule has 0 spiro atoms. The minimum Gasteiger partial charge on any atom is -0.369 e. The zero-order chi connectivity index (χ0) is 19.5. The Balaban J connectivity index is 1.33. The lowest BCUT2D eigenvalue weighted by Crippen LogP contribution is -2.62. The van der Waals surface area contributed by atoms with Crippen LogP contribution in [0.4, 0.5) is 4.39 Å². The number of carbonyl (C=O) groups excluding carboxylic acids is 2. The van der Waals surface area contributed by atoms with Gasteiger partial charge in [-0.1, -0.05) is 18.2 Å². The Bertz CT molecular complexity index is 940. The molecule has 1 aromatic carbocycles. The third-order valence-corrected chi connectivity index (χ3v) is 8.18. The number of carbonyl (C=O) groups is 2. The number of hydrogen-bond acceptors (Lipinski definition) is 3. The molecule has 4 saturated carbocycles. The Morgan fingerprint density at radius 2 is 1.79 bits per heavy atom. The van der Waals surface area contributed by atoms with Gasteiger partial charge in [0.15, 0.2) is 0 Å². The molecule has 1 aromatic heterocycles. The smallest absolute Gasteiger partial charge is 0.261 e. The second kappa shape index (κ2) is 6.41. The highest BCUT2D eigenvalue weighted by Crippen LogP contribution is 2.59. The van der Waals surface area contributed by atoms with Crippen molar-refractivity contribution in [3.05, 3.63) is 47.1 Å². The van der Waals surface area contributed by atoms with Gasteiger partial charge in [-0.05, 0) is 68.1 Å². The fourth-order valence-electron chi connectivity index (χ4n) is 6.05. The van der Waals surface area contributed by atoms with E-state index in [1.807, 2.05) is 0 Å². The van der Waals surface area contributed by atoms with E-state index in [1.165, 1.54) is 17.4 Å². The Kier molecular flexibility index (Phi) is 4.09. The number of thiophene rings is 1. The number of nitrogens with one attached hydrogen (secondary N) is 1. The standard InChI is InChI=1S/C22H23FN2O2S/c23-16-4-2-1-3-15(16)17-5-6-18(28-17)20(26)25-19-13-7-12-8-14(19)11-22(9-12,10-13)21(24)27/h1-6,12-14,19H,7-11H2,(H2,24,27)(H,25,26). The van der Waals surface area contributed by atoms with Crippen LogP contribution in [0.5, 0.6) is 0 Å². The summed E-state index contributed by atoms with van der Waals surface area (Å²) in [5, 5.41) is 3.24. The predicted molar refractivity (Wildman–Crippen MR) is 106 cm³/mol. The Morgan fingerprint density at radius 1 is 1.07 bits per heavy atom. The summed E-state index contributed by atoms with van der Waals surface area (Å²) in [6, 6.07) is 10.3. The van der Waals surface area contributed by atoms with Crippen LogP contribution in [-0.4, -0.2) is 17.9 Å². The van der Waals surface area contributed by atoms with Crippen molar-refractivity contribution in [1.29, 1.82) is 0 Å². The Hall–Kier alpha value is -2.21. The van der Waals surface area contributed by atoms with Crippen molar-refractivity contribution < 1.29 is 14.0 Å². The van der Waals surface area contributed by atoms with E-state index in [2.05, 4.69) is 5.32 Å². The van der Waals surface area contributed by atoms with Gasteiger partial charge in [0.2, 0.25) is 5.91 Å². The van der Waals surface area contributed by atoms with Crippen LogP contribution < -0.4 is 11.1 Å². The minimum absolute atomic E-state index is 0.0989. The second-order valence-electron chi connectivity index (χ2n) is 8.76. The van der Waals surface area contributed by atoms with E-state index in [0.717, 1.165) is 37.0 Å². The van der Waals surface area contributed by atoms with Gasteiger partial charge in [-0.15, -0.1) is 11.3 Å². The summed E-state index contributed by atoms with van der Waals surface area (Å²) in [4.78, 5) is 26.3. The topological polar surface area (TPSA) is 72.2 Å². The van der Waals surface area contributed by atoms with E-state index >= 15 is 0 Å². The van der Waals surface area contributed by atoms with E-state index in [9.17, 15) is 14.0 Å². The molecule has 0 saturated heterocycles. The average molecular weight is 399 g/mol. The molecule has 2 atom stereocenters. The highest BCUT2D eigenvalue weighted by Gasteiger charge is 2.58. The quantitative estimate of drug-likeness (QED) is 0.818. The number of rotatable bonds is 4. The Morgan fingerprint density at radius 3 is 2.46 bits per heavy atom. The number of hydrogen-bond donors (Lipinski definition) is 2. The van der Waals surface area contributed by atoms with Gasteiger partial charge in [0.05, 0.1) is 4.88 Å². The molecule has 4 bridgehead atoms. The third kappa shape index (κ3) is 2.77. The molecule has 0 radical (unpaired) electrons. The van der Waals surface area contributed by atoms with Gasteiger partial charge in [-0.25, -0.2) is 4.39 Å². The number of primary amides is 1. The van der Waals surface area contributed by atoms with Crippen LogP contribution in [0.25, 0.3) is 10.4 Å². The maximum absolute atomic E-state index is 14.0. The molecule has 4 aliphatic rings. The number of amides is 2. The average Bonchev–Trinajstić information content (AvgIpc) is 3.14. The first-order valence-electron chi connectivity index (χ1n) is 9.91. The summed E-state index contributed by atoms with van der Waals surface area (Å²) >= 11 is 1.31. The van der Waals surface area contributed by atoms with Crippen molar-refractivity contribution in [2.24, 2.45) is 28.9 Å². The molecule has 2 amide bonds. The molecule has 4 aliphatic carbocycles. The van der Waals surface area contributed by atoms with E-state index < -0.39 is 0 Å². The SMILES string of the molecule is NC(=O)C12CC3CC(C1)C(NC(=O)c1ccc(-c4ccccc4F)s1)C(C3)C2. The zero-order valence-electron chi connectivity index (χ0n) is 15.5. The molecular formula is C22H23FN2O2S. The first-order chi connectivity index (χ1) is 13.4. The van der Waals surface area contributed by atoms with E-state index in [4.69, 9.17) is 5.73 Å². The van der Waals surface area contributed by atoms with Crippen molar-refractivity contribution in [3.63, 3.8) is 0 Å². The van der Waals surface area contributed by atoms with Crippen LogP contribution >= 0.6 is 11.3 Å². The number of benzene rings is 1. The molecule has 6 rings (SSSR count). The fourth-order valence-corrected chi connectivity index (χ4v) is 6.99. The maximum Gasteiger partial charge on any atom is 0.261 e. The fraction of sp³-hybridized carbons (Fsp3) is 0.455. The summed E-state index contributed by atoms with van der Waals surface area (Å²) in [7, 11) is 0. The largest absolute Gasteiger partial charge is 0.369 e. The summed E-state index contributed by atoms with van der Waals surface area (Å²) in [6.07, 6.45) is 4.66. The van der Waals surface area contributed by atoms with Crippen LogP contribution in [0.2, 0.25) is 0 Å².